The highest BCUT2D eigenvalue weighted by atomic mass is 35.5. The molecule has 0 bridgehead atoms. The number of furan rings is 1. The van der Waals surface area contributed by atoms with Crippen molar-refractivity contribution in [2.75, 3.05) is 20.8 Å². The predicted octanol–water partition coefficient (Wildman–Crippen LogP) is 5.04. The summed E-state index contributed by atoms with van der Waals surface area (Å²) in [6.45, 7) is 5.63. The van der Waals surface area contributed by atoms with Crippen molar-refractivity contribution < 1.29 is 23.4 Å². The van der Waals surface area contributed by atoms with Crippen molar-refractivity contribution in [1.29, 1.82) is 0 Å². The van der Waals surface area contributed by atoms with Gasteiger partial charge in [-0.2, -0.15) is 0 Å². The molecule has 0 N–H and O–H groups in total. The first-order chi connectivity index (χ1) is 19.2. The molecule has 0 saturated heterocycles. The summed E-state index contributed by atoms with van der Waals surface area (Å²) >= 11 is 7.41. The van der Waals surface area contributed by atoms with Gasteiger partial charge >= 0.3 is 5.97 Å². The molecule has 0 unspecified atom stereocenters. The van der Waals surface area contributed by atoms with Crippen LogP contribution in [0.2, 0.25) is 5.02 Å². The minimum absolute atomic E-state index is 0.186. The van der Waals surface area contributed by atoms with E-state index in [0.717, 1.165) is 11.1 Å². The van der Waals surface area contributed by atoms with E-state index in [0.29, 0.717) is 48.6 Å². The average Bonchev–Trinajstić information content (AvgIpc) is 3.53. The third-order valence-corrected chi connectivity index (χ3v) is 7.82. The molecule has 0 saturated carbocycles. The van der Waals surface area contributed by atoms with Crippen LogP contribution in [-0.2, 0) is 9.53 Å². The number of aryl methyl sites for hydroxylation is 1. The molecule has 2 aromatic carbocycles. The number of rotatable bonds is 7. The molecule has 2 aromatic heterocycles. The molecule has 8 nitrogen and oxygen atoms in total. The van der Waals surface area contributed by atoms with Gasteiger partial charge in [-0.05, 0) is 68.3 Å². The number of nitrogens with zero attached hydrogens (tertiary/aromatic N) is 2. The number of carbonyl (C=O) groups excluding carboxylic acids is 1. The van der Waals surface area contributed by atoms with Crippen LogP contribution in [0, 0.1) is 6.92 Å². The number of halogens is 1. The van der Waals surface area contributed by atoms with Gasteiger partial charge in [0, 0.05) is 16.7 Å². The molecule has 4 aromatic rings. The maximum atomic E-state index is 13.9. The fourth-order valence-corrected chi connectivity index (χ4v) is 5.89. The number of methoxy groups -OCH3 is 2. The predicted molar refractivity (Wildman–Crippen MR) is 154 cm³/mol. The lowest BCUT2D eigenvalue weighted by atomic mass is 9.95. The lowest BCUT2D eigenvalue weighted by Gasteiger charge is -2.25. The second-order valence-corrected chi connectivity index (χ2v) is 10.5. The van der Waals surface area contributed by atoms with Gasteiger partial charge in [-0.25, -0.2) is 9.79 Å². The number of benzene rings is 2. The summed E-state index contributed by atoms with van der Waals surface area (Å²) in [5.74, 6) is 1.61. The Morgan fingerprint density at radius 2 is 1.88 bits per heavy atom. The number of carbonyl (C=O) groups is 1. The molecule has 0 aliphatic carbocycles. The van der Waals surface area contributed by atoms with Gasteiger partial charge < -0.3 is 18.6 Å². The lowest BCUT2D eigenvalue weighted by molar-refractivity contribution is -0.139. The van der Waals surface area contributed by atoms with E-state index >= 15 is 0 Å². The number of allylic oxidation sites excluding steroid dienone is 1. The van der Waals surface area contributed by atoms with Gasteiger partial charge in [0.2, 0.25) is 0 Å². The van der Waals surface area contributed by atoms with Crippen molar-refractivity contribution in [3.05, 3.63) is 101 Å². The topological polar surface area (TPSA) is 92.3 Å². The number of thiazole rings is 1. The summed E-state index contributed by atoms with van der Waals surface area (Å²) in [5, 5.41) is 0.606. The maximum absolute atomic E-state index is 13.9. The molecule has 0 amide bonds. The minimum atomic E-state index is -0.779. The van der Waals surface area contributed by atoms with Crippen molar-refractivity contribution in [3.8, 4) is 22.8 Å². The minimum Gasteiger partial charge on any atom is -0.493 e. The van der Waals surface area contributed by atoms with E-state index in [1.807, 2.05) is 31.2 Å². The van der Waals surface area contributed by atoms with Gasteiger partial charge in [-0.1, -0.05) is 35.1 Å². The first-order valence-corrected chi connectivity index (χ1v) is 13.7. The molecule has 0 spiro atoms. The monoisotopic (exact) mass is 578 g/mol. The summed E-state index contributed by atoms with van der Waals surface area (Å²) < 4.78 is 24.3. The van der Waals surface area contributed by atoms with Crippen LogP contribution in [0.15, 0.2) is 74.0 Å². The Balaban J connectivity index is 1.66. The molecule has 1 aliphatic rings. The summed E-state index contributed by atoms with van der Waals surface area (Å²) in [7, 11) is 3.07. The highest BCUT2D eigenvalue weighted by Crippen LogP contribution is 2.36. The molecular weight excluding hydrogens is 552 g/mol. The summed E-state index contributed by atoms with van der Waals surface area (Å²) in [6.07, 6.45) is 1.68. The second kappa shape index (κ2) is 11.2. The standard InChI is InChI=1S/C30H27ClN2O6S/c1-6-38-29(35)26-17(3)32-30-33(27(26)18-8-11-23(36-4)24(13-18)37-5)28(34)25(40-30)15-20-10-12-22(39-20)21-14-19(31)9-7-16(21)2/h7-15,27H,6H2,1-5H3/b25-15-/t27-/m1/s1. The zero-order chi connectivity index (χ0) is 28.6. The van der Waals surface area contributed by atoms with E-state index in [-0.39, 0.29) is 17.7 Å². The van der Waals surface area contributed by atoms with Gasteiger partial charge in [0.25, 0.3) is 5.56 Å². The van der Waals surface area contributed by atoms with Crippen LogP contribution >= 0.6 is 22.9 Å². The summed E-state index contributed by atoms with van der Waals surface area (Å²) in [4.78, 5) is 32.1. The first-order valence-electron chi connectivity index (χ1n) is 12.5. The second-order valence-electron chi connectivity index (χ2n) is 9.08. The van der Waals surface area contributed by atoms with Gasteiger partial charge in [-0.3, -0.25) is 9.36 Å². The van der Waals surface area contributed by atoms with Crippen LogP contribution in [0.25, 0.3) is 17.4 Å². The van der Waals surface area contributed by atoms with Crippen molar-refractivity contribution in [2.24, 2.45) is 4.99 Å². The third-order valence-electron chi connectivity index (χ3n) is 6.61. The normalized spacial score (nSPS) is 15.1. The van der Waals surface area contributed by atoms with Crippen molar-refractivity contribution in [3.63, 3.8) is 0 Å². The van der Waals surface area contributed by atoms with Crippen molar-refractivity contribution >= 4 is 35.0 Å². The van der Waals surface area contributed by atoms with Crippen molar-refractivity contribution in [1.82, 2.24) is 4.57 Å². The molecule has 0 fully saturated rings. The van der Waals surface area contributed by atoms with Crippen molar-refractivity contribution in [2.45, 2.75) is 26.8 Å². The highest BCUT2D eigenvalue weighted by molar-refractivity contribution is 7.07. The van der Waals surface area contributed by atoms with E-state index in [9.17, 15) is 9.59 Å². The van der Waals surface area contributed by atoms with Gasteiger partial charge in [0.15, 0.2) is 16.3 Å². The van der Waals surface area contributed by atoms with E-state index in [1.165, 1.54) is 23.0 Å². The number of fused-ring (bicyclic) bond motifs is 1. The number of esters is 1. The first kappa shape index (κ1) is 27.5. The lowest BCUT2D eigenvalue weighted by Crippen LogP contribution is -2.39. The third kappa shape index (κ3) is 4.98. The number of ether oxygens (including phenoxy) is 3. The Hall–Kier alpha value is -4.08. The van der Waals surface area contributed by atoms with Crippen LogP contribution in [0.3, 0.4) is 0 Å². The van der Waals surface area contributed by atoms with Gasteiger partial charge in [0.1, 0.15) is 11.5 Å². The smallest absolute Gasteiger partial charge is 0.338 e. The molecule has 3 heterocycles. The van der Waals surface area contributed by atoms with E-state index in [4.69, 9.17) is 30.2 Å². The molecule has 0 radical (unpaired) electrons. The van der Waals surface area contributed by atoms with Crippen LogP contribution < -0.4 is 24.4 Å². The van der Waals surface area contributed by atoms with Gasteiger partial charge in [-0.15, -0.1) is 0 Å². The number of aromatic nitrogens is 1. The zero-order valence-corrected chi connectivity index (χ0v) is 24.2. The molecule has 1 atom stereocenters. The Kier molecular flexibility index (Phi) is 7.69. The fourth-order valence-electron chi connectivity index (χ4n) is 4.69. The fraction of sp³-hybridized carbons (Fsp3) is 0.233. The maximum Gasteiger partial charge on any atom is 0.338 e. The zero-order valence-electron chi connectivity index (χ0n) is 22.6. The number of hydrogen-bond acceptors (Lipinski definition) is 8. The Labute approximate surface area is 239 Å². The average molecular weight is 579 g/mol. The quantitative estimate of drug-likeness (QED) is 0.285. The van der Waals surface area contributed by atoms with Crippen LogP contribution in [-0.4, -0.2) is 31.4 Å². The molecule has 40 heavy (non-hydrogen) atoms. The molecule has 206 valence electrons. The summed E-state index contributed by atoms with van der Waals surface area (Å²) in [5.41, 5.74) is 2.99. The Morgan fingerprint density at radius 1 is 1.10 bits per heavy atom. The largest absolute Gasteiger partial charge is 0.493 e. The molecular formula is C30H27ClN2O6S. The molecule has 10 heteroatoms. The van der Waals surface area contributed by atoms with E-state index in [2.05, 4.69) is 4.99 Å². The molecule has 1 aliphatic heterocycles. The summed E-state index contributed by atoms with van der Waals surface area (Å²) in [6, 6.07) is 13.8. The van der Waals surface area contributed by atoms with Gasteiger partial charge in [0.05, 0.1) is 42.7 Å². The van der Waals surface area contributed by atoms with Crippen LogP contribution in [0.5, 0.6) is 11.5 Å². The van der Waals surface area contributed by atoms with Crippen LogP contribution in [0.4, 0.5) is 0 Å². The SMILES string of the molecule is CCOC(=O)C1=C(C)N=c2s/c(=C\c3ccc(-c4cc(Cl)ccc4C)o3)c(=O)n2[C@@H]1c1ccc(OC)c(OC)c1. The number of hydrogen-bond donors (Lipinski definition) is 0. The van der Waals surface area contributed by atoms with Crippen LogP contribution in [0.1, 0.15) is 36.8 Å². The highest BCUT2D eigenvalue weighted by Gasteiger charge is 2.34. The molecule has 5 rings (SSSR count). The van der Waals surface area contributed by atoms with E-state index < -0.39 is 12.0 Å². The Bertz CT molecular complexity index is 1830. The van der Waals surface area contributed by atoms with E-state index in [1.54, 1.807) is 51.3 Å². The Morgan fingerprint density at radius 3 is 2.60 bits per heavy atom.